The molecule has 1 amide bonds. The van der Waals surface area contributed by atoms with E-state index in [1.54, 1.807) is 24.9 Å². The number of ether oxygens (including phenoxy) is 1. The number of thioether (sulfide) groups is 1. The molecule has 0 radical (unpaired) electrons. The number of hydrogen-bond donors (Lipinski definition) is 1. The molecule has 0 aliphatic rings. The summed E-state index contributed by atoms with van der Waals surface area (Å²) in [6.07, 6.45) is 2.56. The summed E-state index contributed by atoms with van der Waals surface area (Å²) in [4.78, 5) is 13.0. The molecule has 2 heterocycles. The first kappa shape index (κ1) is 17.0. The zero-order valence-electron chi connectivity index (χ0n) is 13.5. The Balaban J connectivity index is 1.39. The van der Waals surface area contributed by atoms with Crippen LogP contribution in [0.5, 0.6) is 5.75 Å². The van der Waals surface area contributed by atoms with Gasteiger partial charge in [0, 0.05) is 17.4 Å². The van der Waals surface area contributed by atoms with E-state index in [9.17, 15) is 4.79 Å². The van der Waals surface area contributed by atoms with Crippen LogP contribution in [0.3, 0.4) is 0 Å². The van der Waals surface area contributed by atoms with Crippen LogP contribution in [0, 0.1) is 0 Å². The lowest BCUT2D eigenvalue weighted by Gasteiger charge is -2.03. The van der Waals surface area contributed by atoms with Gasteiger partial charge < -0.3 is 13.7 Å². The van der Waals surface area contributed by atoms with E-state index in [4.69, 9.17) is 13.7 Å². The molecule has 0 saturated heterocycles. The zero-order valence-corrected chi connectivity index (χ0v) is 14.3. The minimum absolute atomic E-state index is 0.0409. The predicted octanol–water partition coefficient (Wildman–Crippen LogP) is 3.24. The molecule has 8 nitrogen and oxygen atoms in total. The van der Waals surface area contributed by atoms with Crippen LogP contribution in [0.25, 0.3) is 11.7 Å². The van der Waals surface area contributed by atoms with E-state index in [1.165, 1.54) is 6.20 Å². The quantitative estimate of drug-likeness (QED) is 0.482. The van der Waals surface area contributed by atoms with Gasteiger partial charge in [0.2, 0.25) is 11.7 Å². The van der Waals surface area contributed by atoms with Crippen molar-refractivity contribution in [2.75, 3.05) is 18.2 Å². The van der Waals surface area contributed by atoms with Gasteiger partial charge in [0.15, 0.2) is 0 Å². The number of nitrogens with zero attached hydrogens (tertiary/aromatic N) is 3. The summed E-state index contributed by atoms with van der Waals surface area (Å²) < 4.78 is 15.3. The molecule has 130 valence electrons. The summed E-state index contributed by atoms with van der Waals surface area (Å²) in [7, 11) is 1.64. The Morgan fingerprint density at radius 3 is 2.80 bits per heavy atom. The molecule has 2 aromatic heterocycles. The molecule has 0 spiro atoms. The van der Waals surface area contributed by atoms with Crippen molar-refractivity contribution >= 4 is 23.7 Å². The average Bonchev–Trinajstić information content (AvgIpc) is 3.31. The third-order valence-corrected chi connectivity index (χ3v) is 4.29. The smallest absolute Gasteiger partial charge is 0.322 e. The molecule has 0 saturated carbocycles. The number of amides is 1. The van der Waals surface area contributed by atoms with Crippen molar-refractivity contribution in [3.63, 3.8) is 0 Å². The van der Waals surface area contributed by atoms with Gasteiger partial charge in [-0.25, -0.2) is 0 Å². The molecule has 1 aromatic carbocycles. The van der Waals surface area contributed by atoms with Crippen molar-refractivity contribution < 1.29 is 18.5 Å². The van der Waals surface area contributed by atoms with E-state index < -0.39 is 0 Å². The summed E-state index contributed by atoms with van der Waals surface area (Å²) in [5.41, 5.74) is 0. The standard InChI is InChI=1S/C16H16N4O4S/c1-22-11-4-6-12(7-5-11)25-10-2-3-14(21)18-16-20-19-15(23-16)13-8-9-17-24-13/h4-9H,2-3,10H2,1H3,(H,18,20,21). The lowest BCUT2D eigenvalue weighted by Crippen LogP contribution is -2.11. The number of anilines is 1. The first-order chi connectivity index (χ1) is 12.2. The predicted molar refractivity (Wildman–Crippen MR) is 91.4 cm³/mol. The third-order valence-electron chi connectivity index (χ3n) is 3.20. The summed E-state index contributed by atoms with van der Waals surface area (Å²) >= 11 is 1.68. The van der Waals surface area contributed by atoms with Gasteiger partial charge in [0.05, 0.1) is 13.3 Å². The Morgan fingerprint density at radius 1 is 1.24 bits per heavy atom. The maximum atomic E-state index is 11.9. The van der Waals surface area contributed by atoms with E-state index in [0.717, 1.165) is 22.8 Å². The van der Waals surface area contributed by atoms with E-state index in [-0.39, 0.29) is 17.8 Å². The van der Waals surface area contributed by atoms with Gasteiger partial charge in [-0.2, -0.15) is 0 Å². The van der Waals surface area contributed by atoms with Crippen molar-refractivity contribution in [2.24, 2.45) is 0 Å². The van der Waals surface area contributed by atoms with Crippen molar-refractivity contribution in [1.82, 2.24) is 15.4 Å². The molecule has 9 heteroatoms. The summed E-state index contributed by atoms with van der Waals surface area (Å²) in [5.74, 6) is 2.00. The Morgan fingerprint density at radius 2 is 2.08 bits per heavy atom. The SMILES string of the molecule is COc1ccc(SCCCC(=O)Nc2nnc(-c3ccno3)o2)cc1. The summed E-state index contributed by atoms with van der Waals surface area (Å²) in [6.45, 7) is 0. The molecule has 0 atom stereocenters. The first-order valence-electron chi connectivity index (χ1n) is 7.56. The number of carbonyl (C=O) groups is 1. The Hall–Kier alpha value is -2.81. The lowest BCUT2D eigenvalue weighted by atomic mass is 10.3. The van der Waals surface area contributed by atoms with E-state index in [0.29, 0.717) is 12.2 Å². The minimum atomic E-state index is -0.178. The van der Waals surface area contributed by atoms with E-state index in [1.807, 2.05) is 24.3 Å². The molecule has 0 aliphatic heterocycles. The number of methoxy groups -OCH3 is 1. The second kappa shape index (κ2) is 8.34. The molecule has 25 heavy (non-hydrogen) atoms. The third kappa shape index (κ3) is 4.83. The highest BCUT2D eigenvalue weighted by Gasteiger charge is 2.13. The highest BCUT2D eigenvalue weighted by molar-refractivity contribution is 7.99. The molecule has 0 aliphatic carbocycles. The normalized spacial score (nSPS) is 10.6. The van der Waals surface area contributed by atoms with Gasteiger partial charge in [0.1, 0.15) is 5.75 Å². The molecule has 0 unspecified atom stereocenters. The maximum absolute atomic E-state index is 11.9. The number of hydrogen-bond acceptors (Lipinski definition) is 8. The molecular weight excluding hydrogens is 344 g/mol. The number of nitrogens with one attached hydrogen (secondary N) is 1. The molecule has 3 aromatic rings. The monoisotopic (exact) mass is 360 g/mol. The maximum Gasteiger partial charge on any atom is 0.322 e. The fourth-order valence-corrected chi connectivity index (χ4v) is 2.83. The fourth-order valence-electron chi connectivity index (χ4n) is 1.98. The number of benzene rings is 1. The number of carbonyl (C=O) groups excluding carboxylic acids is 1. The molecule has 1 N–H and O–H groups in total. The van der Waals surface area contributed by atoms with Gasteiger partial charge in [0.25, 0.3) is 5.89 Å². The Kier molecular flexibility index (Phi) is 5.68. The van der Waals surface area contributed by atoms with Crippen molar-refractivity contribution in [2.45, 2.75) is 17.7 Å². The highest BCUT2D eigenvalue weighted by atomic mass is 32.2. The number of aromatic nitrogens is 3. The highest BCUT2D eigenvalue weighted by Crippen LogP contribution is 2.22. The van der Waals surface area contributed by atoms with Gasteiger partial charge in [-0.05, 0) is 36.4 Å². The van der Waals surface area contributed by atoms with Crippen molar-refractivity contribution in [3.8, 4) is 17.4 Å². The van der Waals surface area contributed by atoms with Crippen LogP contribution in [0.15, 0.2) is 50.4 Å². The minimum Gasteiger partial charge on any atom is -0.497 e. The second-order valence-electron chi connectivity index (χ2n) is 4.96. The number of rotatable bonds is 8. The van der Waals surface area contributed by atoms with Gasteiger partial charge in [-0.3, -0.25) is 10.1 Å². The van der Waals surface area contributed by atoms with Crippen LogP contribution in [0.2, 0.25) is 0 Å². The van der Waals surface area contributed by atoms with Gasteiger partial charge >= 0.3 is 6.01 Å². The zero-order chi connectivity index (χ0) is 17.5. The second-order valence-corrected chi connectivity index (χ2v) is 6.13. The van der Waals surface area contributed by atoms with Crippen LogP contribution >= 0.6 is 11.8 Å². The van der Waals surface area contributed by atoms with Crippen LogP contribution in [0.4, 0.5) is 6.01 Å². The largest absolute Gasteiger partial charge is 0.497 e. The van der Waals surface area contributed by atoms with E-state index >= 15 is 0 Å². The molecule has 0 fully saturated rings. The summed E-state index contributed by atoms with van der Waals surface area (Å²) in [6, 6.07) is 9.45. The lowest BCUT2D eigenvalue weighted by molar-refractivity contribution is -0.116. The van der Waals surface area contributed by atoms with Gasteiger partial charge in [-0.1, -0.05) is 10.3 Å². The summed E-state index contributed by atoms with van der Waals surface area (Å²) in [5, 5.41) is 13.7. The average molecular weight is 360 g/mol. The topological polar surface area (TPSA) is 103 Å². The van der Waals surface area contributed by atoms with Crippen molar-refractivity contribution in [1.29, 1.82) is 0 Å². The molecular formula is C16H16N4O4S. The first-order valence-corrected chi connectivity index (χ1v) is 8.54. The van der Waals surface area contributed by atoms with Crippen LogP contribution in [-0.2, 0) is 4.79 Å². The van der Waals surface area contributed by atoms with Gasteiger partial charge in [-0.15, -0.1) is 16.9 Å². The van der Waals surface area contributed by atoms with Crippen LogP contribution in [-0.4, -0.2) is 34.1 Å². The van der Waals surface area contributed by atoms with Crippen LogP contribution < -0.4 is 10.1 Å². The van der Waals surface area contributed by atoms with E-state index in [2.05, 4.69) is 20.7 Å². The van der Waals surface area contributed by atoms with Crippen molar-refractivity contribution in [3.05, 3.63) is 36.5 Å². The molecule has 0 bridgehead atoms. The fraction of sp³-hybridized carbons (Fsp3) is 0.250. The molecule has 3 rings (SSSR count). The Bertz CT molecular complexity index is 802. The van der Waals surface area contributed by atoms with Crippen LogP contribution in [0.1, 0.15) is 12.8 Å². The Labute approximate surface area is 147 Å².